The Morgan fingerprint density at radius 1 is 1.10 bits per heavy atom. The lowest BCUT2D eigenvalue weighted by Gasteiger charge is -2.10. The summed E-state index contributed by atoms with van der Waals surface area (Å²) >= 11 is 0. The second-order valence-electron chi connectivity index (χ2n) is 4.75. The SMILES string of the molecule is Cc1ccc(C(=O)CC(=O)O)cc1OCc1ccccc1. The van der Waals surface area contributed by atoms with E-state index in [1.807, 2.05) is 37.3 Å². The van der Waals surface area contributed by atoms with Crippen molar-refractivity contribution in [2.45, 2.75) is 20.0 Å². The van der Waals surface area contributed by atoms with Crippen LogP contribution in [-0.4, -0.2) is 16.9 Å². The Kier molecular flexibility index (Phi) is 4.72. The normalized spacial score (nSPS) is 10.1. The Balaban J connectivity index is 2.12. The highest BCUT2D eigenvalue weighted by Crippen LogP contribution is 2.21. The molecule has 2 aromatic carbocycles. The fourth-order valence-electron chi connectivity index (χ4n) is 1.90. The molecule has 0 amide bonds. The predicted molar refractivity (Wildman–Crippen MR) is 78.5 cm³/mol. The summed E-state index contributed by atoms with van der Waals surface area (Å²) < 4.78 is 5.72. The first-order valence-electron chi connectivity index (χ1n) is 6.58. The summed E-state index contributed by atoms with van der Waals surface area (Å²) in [6.07, 6.45) is -0.513. The first-order valence-corrected chi connectivity index (χ1v) is 6.58. The Labute approximate surface area is 123 Å². The van der Waals surface area contributed by atoms with Crippen LogP contribution in [0.15, 0.2) is 48.5 Å². The molecule has 0 saturated heterocycles. The van der Waals surface area contributed by atoms with Crippen LogP contribution in [0.2, 0.25) is 0 Å². The van der Waals surface area contributed by atoms with Gasteiger partial charge >= 0.3 is 5.97 Å². The number of carbonyl (C=O) groups excluding carboxylic acids is 1. The number of carbonyl (C=O) groups is 2. The first-order chi connectivity index (χ1) is 10.1. The Morgan fingerprint density at radius 2 is 1.81 bits per heavy atom. The zero-order valence-electron chi connectivity index (χ0n) is 11.7. The quantitative estimate of drug-likeness (QED) is 0.653. The number of carboxylic acid groups (broad SMARTS) is 1. The average Bonchev–Trinajstić information content (AvgIpc) is 2.46. The molecule has 1 N–H and O–H groups in total. The van der Waals surface area contributed by atoms with Gasteiger partial charge in [-0.2, -0.15) is 0 Å². The number of carboxylic acids is 1. The minimum atomic E-state index is -1.13. The van der Waals surface area contributed by atoms with Gasteiger partial charge in [-0.1, -0.05) is 42.5 Å². The van der Waals surface area contributed by atoms with E-state index in [0.717, 1.165) is 11.1 Å². The zero-order chi connectivity index (χ0) is 15.2. The monoisotopic (exact) mass is 284 g/mol. The number of ether oxygens (including phenoxy) is 1. The van der Waals surface area contributed by atoms with Gasteiger partial charge < -0.3 is 9.84 Å². The molecule has 2 rings (SSSR count). The summed E-state index contributed by atoms with van der Waals surface area (Å²) in [6, 6.07) is 14.7. The van der Waals surface area contributed by atoms with Crippen molar-refractivity contribution in [1.82, 2.24) is 0 Å². The Bertz CT molecular complexity index is 647. The second kappa shape index (κ2) is 6.70. The standard InChI is InChI=1S/C17H16O4/c1-12-7-8-14(15(18)10-17(19)20)9-16(12)21-11-13-5-3-2-4-6-13/h2-9H,10-11H2,1H3,(H,19,20). The van der Waals surface area contributed by atoms with Crippen molar-refractivity contribution >= 4 is 11.8 Å². The van der Waals surface area contributed by atoms with Gasteiger partial charge in [0.15, 0.2) is 5.78 Å². The summed E-state index contributed by atoms with van der Waals surface area (Å²) in [7, 11) is 0. The molecule has 108 valence electrons. The van der Waals surface area contributed by atoms with E-state index < -0.39 is 18.2 Å². The van der Waals surface area contributed by atoms with Crippen LogP contribution in [-0.2, 0) is 11.4 Å². The van der Waals surface area contributed by atoms with Crippen molar-refractivity contribution in [2.24, 2.45) is 0 Å². The van der Waals surface area contributed by atoms with Gasteiger partial charge in [-0.15, -0.1) is 0 Å². The maximum Gasteiger partial charge on any atom is 0.311 e. The topological polar surface area (TPSA) is 63.6 Å². The molecule has 0 aliphatic rings. The van der Waals surface area contributed by atoms with E-state index in [1.165, 1.54) is 0 Å². The lowest BCUT2D eigenvalue weighted by molar-refractivity contribution is -0.135. The van der Waals surface area contributed by atoms with Gasteiger partial charge in [0, 0.05) is 5.56 Å². The van der Waals surface area contributed by atoms with Gasteiger partial charge in [-0.3, -0.25) is 9.59 Å². The van der Waals surface area contributed by atoms with E-state index >= 15 is 0 Å². The summed E-state index contributed by atoms with van der Waals surface area (Å²) in [5.74, 6) is -0.963. The van der Waals surface area contributed by atoms with Gasteiger partial charge in [0.25, 0.3) is 0 Å². The van der Waals surface area contributed by atoms with Crippen LogP contribution in [0.5, 0.6) is 5.75 Å². The van der Waals surface area contributed by atoms with Gasteiger partial charge in [0.05, 0.1) is 0 Å². The lowest BCUT2D eigenvalue weighted by Crippen LogP contribution is -2.07. The highest BCUT2D eigenvalue weighted by molar-refractivity contribution is 6.05. The molecular formula is C17H16O4. The summed E-state index contributed by atoms with van der Waals surface area (Å²) in [5, 5.41) is 8.67. The van der Waals surface area contributed by atoms with Crippen LogP contribution in [0.25, 0.3) is 0 Å². The van der Waals surface area contributed by atoms with Gasteiger partial charge in [0.1, 0.15) is 18.8 Å². The number of hydrogen-bond acceptors (Lipinski definition) is 3. The smallest absolute Gasteiger partial charge is 0.311 e. The van der Waals surface area contributed by atoms with Gasteiger partial charge in [-0.05, 0) is 24.1 Å². The van der Waals surface area contributed by atoms with Crippen molar-refractivity contribution in [1.29, 1.82) is 0 Å². The molecule has 21 heavy (non-hydrogen) atoms. The molecule has 0 aliphatic heterocycles. The predicted octanol–water partition coefficient (Wildman–Crippen LogP) is 3.23. The van der Waals surface area contributed by atoms with Crippen LogP contribution in [0, 0.1) is 6.92 Å². The molecule has 2 aromatic rings. The molecule has 4 nitrogen and oxygen atoms in total. The van der Waals surface area contributed by atoms with Crippen LogP contribution in [0.1, 0.15) is 27.9 Å². The van der Waals surface area contributed by atoms with Gasteiger partial charge in [-0.25, -0.2) is 0 Å². The third-order valence-corrected chi connectivity index (χ3v) is 3.06. The Hall–Kier alpha value is -2.62. The van der Waals surface area contributed by atoms with E-state index in [9.17, 15) is 9.59 Å². The number of ketones is 1. The zero-order valence-corrected chi connectivity index (χ0v) is 11.7. The molecule has 0 fully saturated rings. The third-order valence-electron chi connectivity index (χ3n) is 3.06. The fraction of sp³-hybridized carbons (Fsp3) is 0.176. The molecule has 0 spiro atoms. The van der Waals surface area contributed by atoms with Crippen molar-refractivity contribution in [3.8, 4) is 5.75 Å². The summed E-state index contributed by atoms with van der Waals surface area (Å²) in [4.78, 5) is 22.4. The molecule has 0 bridgehead atoms. The third kappa shape index (κ3) is 4.18. The maximum atomic E-state index is 11.8. The van der Waals surface area contributed by atoms with Crippen LogP contribution >= 0.6 is 0 Å². The highest BCUT2D eigenvalue weighted by Gasteiger charge is 2.12. The first kappa shape index (κ1) is 14.8. The van der Waals surface area contributed by atoms with Crippen molar-refractivity contribution in [2.75, 3.05) is 0 Å². The number of hydrogen-bond donors (Lipinski definition) is 1. The molecule has 0 atom stereocenters. The van der Waals surface area contributed by atoms with Crippen molar-refractivity contribution < 1.29 is 19.4 Å². The second-order valence-corrected chi connectivity index (χ2v) is 4.75. The molecule has 0 saturated carbocycles. The largest absolute Gasteiger partial charge is 0.489 e. The molecule has 0 aliphatic carbocycles. The molecule has 4 heteroatoms. The molecular weight excluding hydrogens is 268 g/mol. The average molecular weight is 284 g/mol. The minimum absolute atomic E-state index is 0.353. The fourth-order valence-corrected chi connectivity index (χ4v) is 1.90. The number of rotatable bonds is 6. The number of Topliss-reactive ketones (excluding diaryl/α,β-unsaturated/α-hetero) is 1. The molecule has 0 radical (unpaired) electrons. The van der Waals surface area contributed by atoms with Crippen LogP contribution in [0.3, 0.4) is 0 Å². The van der Waals surface area contributed by atoms with Crippen molar-refractivity contribution in [3.05, 3.63) is 65.2 Å². The van der Waals surface area contributed by atoms with E-state index in [2.05, 4.69) is 0 Å². The lowest BCUT2D eigenvalue weighted by atomic mass is 10.1. The molecule has 0 unspecified atom stereocenters. The van der Waals surface area contributed by atoms with E-state index in [-0.39, 0.29) is 0 Å². The summed E-state index contributed by atoms with van der Waals surface area (Å²) in [6.45, 7) is 2.28. The number of aryl methyl sites for hydroxylation is 1. The molecule has 0 aromatic heterocycles. The van der Waals surface area contributed by atoms with Gasteiger partial charge in [0.2, 0.25) is 0 Å². The van der Waals surface area contributed by atoms with E-state index in [1.54, 1.807) is 18.2 Å². The number of aliphatic carboxylic acids is 1. The van der Waals surface area contributed by atoms with Crippen LogP contribution in [0.4, 0.5) is 0 Å². The summed E-state index contributed by atoms with van der Waals surface area (Å²) in [5.41, 5.74) is 2.28. The Morgan fingerprint density at radius 3 is 2.48 bits per heavy atom. The maximum absolute atomic E-state index is 11.8. The molecule has 0 heterocycles. The van der Waals surface area contributed by atoms with E-state index in [0.29, 0.717) is 17.9 Å². The van der Waals surface area contributed by atoms with Crippen molar-refractivity contribution in [3.63, 3.8) is 0 Å². The van der Waals surface area contributed by atoms with E-state index in [4.69, 9.17) is 9.84 Å². The van der Waals surface area contributed by atoms with Crippen LogP contribution < -0.4 is 4.74 Å². The highest BCUT2D eigenvalue weighted by atomic mass is 16.5. The number of benzene rings is 2. The minimum Gasteiger partial charge on any atom is -0.489 e.